The molecule has 8 heteroatoms. The van der Waals surface area contributed by atoms with Crippen molar-refractivity contribution in [1.29, 1.82) is 0 Å². The van der Waals surface area contributed by atoms with E-state index < -0.39 is 10.0 Å². The largest absolute Gasteiger partial charge is 0.352 e. The van der Waals surface area contributed by atoms with E-state index in [1.807, 2.05) is 0 Å². The highest BCUT2D eigenvalue weighted by molar-refractivity contribution is 7.99. The topological polar surface area (TPSA) is 66.5 Å². The minimum Gasteiger partial charge on any atom is -0.352 e. The molecule has 1 fully saturated rings. The zero-order valence-electron chi connectivity index (χ0n) is 15.4. The molecule has 0 spiro atoms. The predicted molar refractivity (Wildman–Crippen MR) is 109 cm³/mol. The van der Waals surface area contributed by atoms with Gasteiger partial charge in [0.15, 0.2) is 0 Å². The molecule has 0 unspecified atom stereocenters. The molecule has 0 bridgehead atoms. The molecule has 0 saturated carbocycles. The summed E-state index contributed by atoms with van der Waals surface area (Å²) in [6, 6.07) is 12.5. The van der Waals surface area contributed by atoms with Gasteiger partial charge in [-0.25, -0.2) is 12.8 Å². The molecule has 0 aromatic heterocycles. The summed E-state index contributed by atoms with van der Waals surface area (Å²) in [6.07, 6.45) is 2.49. The zero-order valence-corrected chi connectivity index (χ0v) is 17.1. The Hall–Kier alpha value is -1.90. The van der Waals surface area contributed by atoms with E-state index in [0.29, 0.717) is 25.2 Å². The Morgan fingerprint density at radius 2 is 1.82 bits per heavy atom. The Labute approximate surface area is 169 Å². The van der Waals surface area contributed by atoms with Gasteiger partial charge in [-0.3, -0.25) is 4.79 Å². The smallest absolute Gasteiger partial charge is 0.251 e. The van der Waals surface area contributed by atoms with Gasteiger partial charge in [0, 0.05) is 30.1 Å². The van der Waals surface area contributed by atoms with Crippen molar-refractivity contribution < 1.29 is 17.6 Å². The van der Waals surface area contributed by atoms with Gasteiger partial charge < -0.3 is 5.32 Å². The van der Waals surface area contributed by atoms with Crippen LogP contribution >= 0.6 is 11.8 Å². The maximum atomic E-state index is 12.9. The number of nitrogens with zero attached hydrogens (tertiary/aromatic N) is 1. The Bertz CT molecular complexity index is 911. The summed E-state index contributed by atoms with van der Waals surface area (Å²) in [6.45, 7) is 1.55. The molecule has 1 N–H and O–H groups in total. The minimum atomic E-state index is -3.53. The molecule has 28 heavy (non-hydrogen) atoms. The fourth-order valence-electron chi connectivity index (χ4n) is 2.97. The molecular weight excluding hydrogens is 399 g/mol. The number of nitrogens with one attached hydrogen (secondary N) is 1. The second kappa shape index (κ2) is 9.54. The molecule has 0 atom stereocenters. The van der Waals surface area contributed by atoms with E-state index in [-0.39, 0.29) is 16.6 Å². The summed E-state index contributed by atoms with van der Waals surface area (Å²) in [5.74, 6) is 0.241. The third-order valence-corrected chi connectivity index (χ3v) is 7.48. The van der Waals surface area contributed by atoms with Crippen molar-refractivity contribution in [1.82, 2.24) is 9.62 Å². The number of carbonyl (C=O) groups excluding carboxylic acids is 1. The highest BCUT2D eigenvalue weighted by Gasteiger charge is 2.27. The van der Waals surface area contributed by atoms with Gasteiger partial charge in [0.25, 0.3) is 5.91 Å². The van der Waals surface area contributed by atoms with E-state index in [0.717, 1.165) is 29.9 Å². The third-order valence-electron chi connectivity index (χ3n) is 4.49. The first kappa shape index (κ1) is 20.8. The van der Waals surface area contributed by atoms with Crippen LogP contribution in [0, 0.1) is 5.82 Å². The van der Waals surface area contributed by atoms with Crippen LogP contribution in [0.2, 0.25) is 0 Å². The molecule has 2 aromatic rings. The van der Waals surface area contributed by atoms with Crippen LogP contribution in [0.5, 0.6) is 0 Å². The highest BCUT2D eigenvalue weighted by atomic mass is 32.2. The summed E-state index contributed by atoms with van der Waals surface area (Å²) in [5.41, 5.74) is 0.339. The molecule has 1 saturated heterocycles. The molecule has 3 rings (SSSR count). The van der Waals surface area contributed by atoms with E-state index in [4.69, 9.17) is 0 Å². The fraction of sp³-hybridized carbons (Fsp3) is 0.350. The minimum absolute atomic E-state index is 0.161. The van der Waals surface area contributed by atoms with Gasteiger partial charge in [-0.1, -0.05) is 6.07 Å². The van der Waals surface area contributed by atoms with Gasteiger partial charge in [0.05, 0.1) is 4.90 Å². The van der Waals surface area contributed by atoms with Crippen molar-refractivity contribution in [3.8, 4) is 0 Å². The molecule has 1 aliphatic heterocycles. The summed E-state index contributed by atoms with van der Waals surface area (Å²) in [4.78, 5) is 13.5. The van der Waals surface area contributed by atoms with Gasteiger partial charge in [-0.15, -0.1) is 11.8 Å². The van der Waals surface area contributed by atoms with Gasteiger partial charge >= 0.3 is 0 Å². The molecule has 0 radical (unpaired) electrons. The maximum Gasteiger partial charge on any atom is 0.251 e. The van der Waals surface area contributed by atoms with E-state index >= 15 is 0 Å². The predicted octanol–water partition coefficient (Wildman–Crippen LogP) is 3.52. The molecule has 2 aromatic carbocycles. The number of carbonyl (C=O) groups is 1. The number of thioether (sulfide) groups is 1. The van der Waals surface area contributed by atoms with Crippen LogP contribution in [0.4, 0.5) is 4.39 Å². The lowest BCUT2D eigenvalue weighted by molar-refractivity contribution is 0.0953. The summed E-state index contributed by atoms with van der Waals surface area (Å²) in [5, 5.41) is 2.82. The lowest BCUT2D eigenvalue weighted by Crippen LogP contribution is -2.29. The monoisotopic (exact) mass is 422 g/mol. The van der Waals surface area contributed by atoms with Gasteiger partial charge in [-0.2, -0.15) is 4.31 Å². The Balaban J connectivity index is 1.50. The lowest BCUT2D eigenvalue weighted by atomic mass is 10.2. The quantitative estimate of drug-likeness (QED) is 0.522. The molecule has 1 heterocycles. The first-order chi connectivity index (χ1) is 13.5. The summed E-state index contributed by atoms with van der Waals surface area (Å²) in [7, 11) is -3.53. The lowest BCUT2D eigenvalue weighted by Gasteiger charge is -2.16. The third kappa shape index (κ3) is 5.33. The molecule has 1 aliphatic rings. The summed E-state index contributed by atoms with van der Waals surface area (Å²) < 4.78 is 39.6. The van der Waals surface area contributed by atoms with E-state index in [2.05, 4.69) is 5.32 Å². The number of halogens is 1. The van der Waals surface area contributed by atoms with Crippen LogP contribution in [0.3, 0.4) is 0 Å². The normalized spacial score (nSPS) is 14.9. The number of benzene rings is 2. The standard InChI is InChI=1S/C20H23FN2O3S2/c21-17-7-9-18(10-8-17)27-14-4-11-22-20(24)16-5-3-6-19(15-16)28(25,26)23-12-1-2-13-23/h3,5-10,15H,1-2,4,11-14H2,(H,22,24). The number of rotatable bonds is 8. The second-order valence-electron chi connectivity index (χ2n) is 6.55. The maximum absolute atomic E-state index is 12.9. The van der Waals surface area contributed by atoms with Crippen LogP contribution in [-0.4, -0.2) is 44.0 Å². The van der Waals surface area contributed by atoms with Gasteiger partial charge in [0.2, 0.25) is 10.0 Å². The van der Waals surface area contributed by atoms with Crippen LogP contribution in [0.15, 0.2) is 58.3 Å². The van der Waals surface area contributed by atoms with E-state index in [9.17, 15) is 17.6 Å². The number of sulfonamides is 1. The number of hydrogen-bond acceptors (Lipinski definition) is 4. The number of amides is 1. The Kier molecular flexibility index (Phi) is 7.09. The fourth-order valence-corrected chi connectivity index (χ4v) is 5.39. The molecule has 0 aliphatic carbocycles. The zero-order chi connectivity index (χ0) is 20.0. The highest BCUT2D eigenvalue weighted by Crippen LogP contribution is 2.22. The second-order valence-corrected chi connectivity index (χ2v) is 9.66. The van der Waals surface area contributed by atoms with Crippen LogP contribution in [0.1, 0.15) is 29.6 Å². The van der Waals surface area contributed by atoms with Crippen LogP contribution in [0.25, 0.3) is 0 Å². The van der Waals surface area contributed by atoms with Gasteiger partial charge in [0.1, 0.15) is 5.82 Å². The summed E-state index contributed by atoms with van der Waals surface area (Å²) >= 11 is 1.59. The van der Waals surface area contributed by atoms with E-state index in [1.54, 1.807) is 36.0 Å². The van der Waals surface area contributed by atoms with Crippen LogP contribution < -0.4 is 5.32 Å². The molecule has 150 valence electrons. The van der Waals surface area contributed by atoms with Crippen molar-refractivity contribution in [3.05, 3.63) is 59.9 Å². The van der Waals surface area contributed by atoms with Crippen molar-refractivity contribution in [2.24, 2.45) is 0 Å². The van der Waals surface area contributed by atoms with Crippen LogP contribution in [-0.2, 0) is 10.0 Å². The Morgan fingerprint density at radius 3 is 2.54 bits per heavy atom. The molecule has 1 amide bonds. The van der Waals surface area contributed by atoms with Crippen molar-refractivity contribution in [2.75, 3.05) is 25.4 Å². The average molecular weight is 423 g/mol. The number of hydrogen-bond donors (Lipinski definition) is 1. The van der Waals surface area contributed by atoms with Gasteiger partial charge in [-0.05, 0) is 67.5 Å². The van der Waals surface area contributed by atoms with Crippen molar-refractivity contribution in [2.45, 2.75) is 29.1 Å². The SMILES string of the molecule is O=C(NCCCSc1ccc(F)cc1)c1cccc(S(=O)(=O)N2CCCC2)c1. The van der Waals surface area contributed by atoms with E-state index in [1.165, 1.54) is 28.6 Å². The molecular formula is C20H23FN2O3S2. The van der Waals surface area contributed by atoms with Crippen molar-refractivity contribution >= 4 is 27.7 Å². The first-order valence-corrected chi connectivity index (χ1v) is 11.7. The van der Waals surface area contributed by atoms with Crippen molar-refractivity contribution in [3.63, 3.8) is 0 Å². The Morgan fingerprint density at radius 1 is 1.11 bits per heavy atom. The first-order valence-electron chi connectivity index (χ1n) is 9.23. The average Bonchev–Trinajstić information content (AvgIpc) is 3.25. The molecule has 5 nitrogen and oxygen atoms in total.